The summed E-state index contributed by atoms with van der Waals surface area (Å²) in [5.41, 5.74) is 0.323. The van der Waals surface area contributed by atoms with Gasteiger partial charge in [0.05, 0.1) is 5.75 Å². The number of hydrogen-bond acceptors (Lipinski definition) is 3. The van der Waals surface area contributed by atoms with Crippen LogP contribution in [0.2, 0.25) is 0 Å². The fourth-order valence-corrected chi connectivity index (χ4v) is 1.98. The van der Waals surface area contributed by atoms with Gasteiger partial charge in [0.15, 0.2) is 5.96 Å². The van der Waals surface area contributed by atoms with Crippen molar-refractivity contribution in [2.75, 3.05) is 25.6 Å². The summed E-state index contributed by atoms with van der Waals surface area (Å²) in [6.45, 7) is 9.15. The highest BCUT2D eigenvalue weighted by atomic mass is 32.2. The maximum absolute atomic E-state index is 11.0. The van der Waals surface area contributed by atoms with E-state index in [1.165, 1.54) is 6.26 Å². The molecule has 0 spiro atoms. The van der Waals surface area contributed by atoms with E-state index in [9.17, 15) is 8.42 Å². The molecule has 6 heteroatoms. The maximum Gasteiger partial charge on any atom is 0.191 e. The molecule has 1 atom stereocenters. The van der Waals surface area contributed by atoms with Crippen LogP contribution in [-0.4, -0.2) is 46.0 Å². The Balaban J connectivity index is 4.06. The SMILES string of the molecule is CN=C(NCCS(C)(=O)=O)NC(C)CCC(C)(C)C. The van der Waals surface area contributed by atoms with Crippen LogP contribution in [0.3, 0.4) is 0 Å². The fraction of sp³-hybridized carbons (Fsp3) is 0.923. The molecule has 0 fully saturated rings. The molecule has 19 heavy (non-hydrogen) atoms. The van der Waals surface area contributed by atoms with Gasteiger partial charge in [0.2, 0.25) is 0 Å². The highest BCUT2D eigenvalue weighted by Gasteiger charge is 2.13. The van der Waals surface area contributed by atoms with Crippen LogP contribution >= 0.6 is 0 Å². The smallest absolute Gasteiger partial charge is 0.191 e. The Morgan fingerprint density at radius 1 is 1.32 bits per heavy atom. The van der Waals surface area contributed by atoms with E-state index >= 15 is 0 Å². The van der Waals surface area contributed by atoms with Crippen molar-refractivity contribution in [3.05, 3.63) is 0 Å². The summed E-state index contributed by atoms with van der Waals surface area (Å²) in [7, 11) is -1.24. The lowest BCUT2D eigenvalue weighted by molar-refractivity contribution is 0.346. The average molecular weight is 291 g/mol. The fourth-order valence-electron chi connectivity index (χ4n) is 1.50. The zero-order valence-electron chi connectivity index (χ0n) is 13.1. The minimum atomic E-state index is -2.93. The molecule has 0 amide bonds. The summed E-state index contributed by atoms with van der Waals surface area (Å²) < 4.78 is 22.1. The Morgan fingerprint density at radius 2 is 1.89 bits per heavy atom. The lowest BCUT2D eigenvalue weighted by atomic mass is 9.89. The van der Waals surface area contributed by atoms with Crippen molar-refractivity contribution in [1.82, 2.24) is 10.6 Å². The first-order valence-electron chi connectivity index (χ1n) is 6.68. The van der Waals surface area contributed by atoms with Gasteiger partial charge in [-0.05, 0) is 25.2 Å². The van der Waals surface area contributed by atoms with Gasteiger partial charge in [-0.15, -0.1) is 0 Å². The standard InChI is InChI=1S/C13H29N3O2S/c1-11(7-8-13(2,3)4)16-12(14-5)15-9-10-19(6,17)18/h11H,7-10H2,1-6H3,(H2,14,15,16). The third-order valence-corrected chi connectivity index (χ3v) is 3.65. The van der Waals surface area contributed by atoms with Crippen LogP contribution in [0.1, 0.15) is 40.5 Å². The molecular formula is C13H29N3O2S. The number of rotatable bonds is 6. The van der Waals surface area contributed by atoms with Crippen molar-refractivity contribution in [3.8, 4) is 0 Å². The third-order valence-electron chi connectivity index (χ3n) is 2.70. The second kappa shape index (κ2) is 7.72. The molecule has 0 rings (SSSR count). The van der Waals surface area contributed by atoms with Crippen LogP contribution in [0.15, 0.2) is 4.99 Å². The number of sulfone groups is 1. The molecule has 114 valence electrons. The largest absolute Gasteiger partial charge is 0.355 e. The van der Waals surface area contributed by atoms with Crippen LogP contribution < -0.4 is 10.6 Å². The van der Waals surface area contributed by atoms with Gasteiger partial charge in [0, 0.05) is 25.9 Å². The average Bonchev–Trinajstić information content (AvgIpc) is 2.22. The summed E-state index contributed by atoms with van der Waals surface area (Å²) in [5, 5.41) is 6.28. The van der Waals surface area contributed by atoms with E-state index in [-0.39, 0.29) is 5.75 Å². The van der Waals surface area contributed by atoms with E-state index in [2.05, 4.69) is 43.3 Å². The predicted molar refractivity (Wildman–Crippen MR) is 82.4 cm³/mol. The van der Waals surface area contributed by atoms with Gasteiger partial charge < -0.3 is 10.6 Å². The summed E-state index contributed by atoms with van der Waals surface area (Å²) >= 11 is 0. The van der Waals surface area contributed by atoms with Crippen LogP contribution in [0, 0.1) is 5.41 Å². The first kappa shape index (κ1) is 18.2. The van der Waals surface area contributed by atoms with Gasteiger partial charge in [0.25, 0.3) is 0 Å². The number of nitrogens with one attached hydrogen (secondary N) is 2. The van der Waals surface area contributed by atoms with Crippen LogP contribution in [0.5, 0.6) is 0 Å². The molecular weight excluding hydrogens is 262 g/mol. The van der Waals surface area contributed by atoms with E-state index in [4.69, 9.17) is 0 Å². The first-order valence-corrected chi connectivity index (χ1v) is 8.74. The molecule has 0 radical (unpaired) electrons. The molecule has 2 N–H and O–H groups in total. The molecule has 0 aromatic carbocycles. The Morgan fingerprint density at radius 3 is 2.32 bits per heavy atom. The number of nitrogens with zero attached hydrogens (tertiary/aromatic N) is 1. The van der Waals surface area contributed by atoms with Crippen molar-refractivity contribution in [2.24, 2.45) is 10.4 Å². The molecule has 0 bridgehead atoms. The zero-order valence-corrected chi connectivity index (χ0v) is 13.9. The summed E-state index contributed by atoms with van der Waals surface area (Å²) in [6.07, 6.45) is 3.41. The van der Waals surface area contributed by atoms with Crippen LogP contribution in [0.25, 0.3) is 0 Å². The Hall–Kier alpha value is -0.780. The van der Waals surface area contributed by atoms with E-state index < -0.39 is 9.84 Å². The molecule has 0 aliphatic rings. The third kappa shape index (κ3) is 12.0. The van der Waals surface area contributed by atoms with Gasteiger partial charge in [-0.1, -0.05) is 20.8 Å². The molecule has 0 aromatic rings. The molecule has 0 aliphatic heterocycles. The van der Waals surface area contributed by atoms with Gasteiger partial charge in [-0.3, -0.25) is 4.99 Å². The topological polar surface area (TPSA) is 70.6 Å². The molecule has 5 nitrogen and oxygen atoms in total. The molecule has 0 heterocycles. The van der Waals surface area contributed by atoms with Crippen molar-refractivity contribution >= 4 is 15.8 Å². The number of guanidine groups is 1. The van der Waals surface area contributed by atoms with Crippen molar-refractivity contribution in [1.29, 1.82) is 0 Å². The highest BCUT2D eigenvalue weighted by molar-refractivity contribution is 7.90. The van der Waals surface area contributed by atoms with Gasteiger partial charge in [-0.2, -0.15) is 0 Å². The Bertz CT molecular complexity index is 383. The van der Waals surface area contributed by atoms with Crippen LogP contribution in [0.4, 0.5) is 0 Å². The zero-order chi connectivity index (χ0) is 15.1. The molecule has 0 aliphatic carbocycles. The molecule has 0 saturated heterocycles. The normalized spacial score (nSPS) is 15.2. The summed E-state index contributed by atoms with van der Waals surface area (Å²) in [4.78, 5) is 4.09. The van der Waals surface area contributed by atoms with Crippen molar-refractivity contribution in [2.45, 2.75) is 46.6 Å². The van der Waals surface area contributed by atoms with Crippen molar-refractivity contribution < 1.29 is 8.42 Å². The summed E-state index contributed by atoms with van der Waals surface area (Å²) in [6, 6.07) is 0.309. The number of hydrogen-bond donors (Lipinski definition) is 2. The first-order chi connectivity index (χ1) is 8.53. The van der Waals surface area contributed by atoms with Gasteiger partial charge in [-0.25, -0.2) is 8.42 Å². The lowest BCUT2D eigenvalue weighted by Gasteiger charge is -2.23. The second-order valence-electron chi connectivity index (χ2n) is 6.27. The quantitative estimate of drug-likeness (QED) is 0.573. The molecule has 1 unspecified atom stereocenters. The second-order valence-corrected chi connectivity index (χ2v) is 8.53. The molecule has 0 aromatic heterocycles. The minimum Gasteiger partial charge on any atom is -0.355 e. The van der Waals surface area contributed by atoms with Gasteiger partial charge in [0.1, 0.15) is 9.84 Å². The van der Waals surface area contributed by atoms with E-state index in [1.807, 2.05) is 0 Å². The predicted octanol–water partition coefficient (Wildman–Crippen LogP) is 1.41. The monoisotopic (exact) mass is 291 g/mol. The van der Waals surface area contributed by atoms with Crippen molar-refractivity contribution in [3.63, 3.8) is 0 Å². The van der Waals surface area contributed by atoms with E-state index in [0.717, 1.165) is 12.8 Å². The molecule has 0 saturated carbocycles. The van der Waals surface area contributed by atoms with Crippen LogP contribution in [-0.2, 0) is 9.84 Å². The van der Waals surface area contributed by atoms with E-state index in [0.29, 0.717) is 24.0 Å². The van der Waals surface area contributed by atoms with E-state index in [1.54, 1.807) is 7.05 Å². The maximum atomic E-state index is 11.0. The Kier molecular flexibility index (Phi) is 7.41. The highest BCUT2D eigenvalue weighted by Crippen LogP contribution is 2.21. The number of aliphatic imine (C=N–C) groups is 1. The lowest BCUT2D eigenvalue weighted by Crippen LogP contribution is -2.43. The minimum absolute atomic E-state index is 0.115. The summed E-state index contributed by atoms with van der Waals surface area (Å²) in [5.74, 6) is 0.773. The Labute approximate surface area is 118 Å². The van der Waals surface area contributed by atoms with Gasteiger partial charge >= 0.3 is 0 Å².